The summed E-state index contributed by atoms with van der Waals surface area (Å²) in [6.07, 6.45) is 2.20. The molecule has 1 fully saturated rings. The summed E-state index contributed by atoms with van der Waals surface area (Å²) in [7, 11) is 3.95. The first kappa shape index (κ1) is 15.8. The quantitative estimate of drug-likeness (QED) is 0.847. The Kier molecular flexibility index (Phi) is 5.08. The average Bonchev–Trinajstić information content (AvgIpc) is 2.27. The molecule has 1 unspecified atom stereocenters. The zero-order valence-corrected chi connectivity index (χ0v) is 13.3. The summed E-state index contributed by atoms with van der Waals surface area (Å²) in [6.45, 7) is 3.18. The van der Waals surface area contributed by atoms with Gasteiger partial charge in [-0.05, 0) is 51.4 Å². The third-order valence-electron chi connectivity index (χ3n) is 3.91. The van der Waals surface area contributed by atoms with Crippen LogP contribution < -0.4 is 5.32 Å². The summed E-state index contributed by atoms with van der Waals surface area (Å²) < 4.78 is 0. The molecule has 0 bridgehead atoms. The van der Waals surface area contributed by atoms with Crippen LogP contribution in [0, 0.1) is 0 Å². The smallest absolute Gasteiger partial charge is 0.0869 e. The number of halogens is 1. The van der Waals surface area contributed by atoms with Crippen LogP contribution in [0.3, 0.4) is 0 Å². The Bertz CT molecular complexity index is 442. The number of aliphatic hydroxyl groups is 1. The number of hydrogen-bond acceptors (Lipinski definition) is 3. The van der Waals surface area contributed by atoms with Crippen molar-refractivity contribution >= 4 is 11.6 Å². The number of nitrogens with zero attached hydrogens (tertiary/aromatic N) is 1. The van der Waals surface area contributed by atoms with Crippen LogP contribution in [-0.2, 0) is 0 Å². The molecule has 1 aliphatic rings. The Hall–Kier alpha value is -0.610. The molecule has 0 saturated heterocycles. The molecule has 0 spiro atoms. The Morgan fingerprint density at radius 1 is 1.35 bits per heavy atom. The van der Waals surface area contributed by atoms with Crippen molar-refractivity contribution in [1.29, 1.82) is 0 Å². The number of likely N-dealkylation sites (N-methyl/N-ethyl adjacent to an activating group) is 1. The van der Waals surface area contributed by atoms with Gasteiger partial charge in [0.15, 0.2) is 0 Å². The highest BCUT2D eigenvalue weighted by molar-refractivity contribution is 6.31. The minimum absolute atomic E-state index is 0.491. The highest BCUT2D eigenvalue weighted by Gasteiger charge is 2.32. The maximum atomic E-state index is 10.3. The SMILES string of the molecule is CN(C)CC(C)(O)CNC1CC(c2ccccc2Cl)C1. The molecule has 0 amide bonds. The van der Waals surface area contributed by atoms with Gasteiger partial charge in [-0.15, -0.1) is 0 Å². The summed E-state index contributed by atoms with van der Waals surface area (Å²) >= 11 is 6.22. The van der Waals surface area contributed by atoms with Crippen LogP contribution in [-0.4, -0.2) is 48.8 Å². The fraction of sp³-hybridized carbons (Fsp3) is 0.625. The van der Waals surface area contributed by atoms with Crippen LogP contribution in [0.5, 0.6) is 0 Å². The minimum atomic E-state index is -0.682. The molecule has 2 N–H and O–H groups in total. The second kappa shape index (κ2) is 6.44. The van der Waals surface area contributed by atoms with E-state index < -0.39 is 5.60 Å². The van der Waals surface area contributed by atoms with Gasteiger partial charge in [0.25, 0.3) is 0 Å². The van der Waals surface area contributed by atoms with Crippen molar-refractivity contribution < 1.29 is 5.11 Å². The number of rotatable bonds is 6. The molecule has 0 aromatic heterocycles. The zero-order valence-electron chi connectivity index (χ0n) is 12.6. The minimum Gasteiger partial charge on any atom is -0.388 e. The fourth-order valence-corrected chi connectivity index (χ4v) is 3.24. The van der Waals surface area contributed by atoms with E-state index in [1.807, 2.05) is 44.1 Å². The lowest BCUT2D eigenvalue weighted by atomic mass is 9.75. The third kappa shape index (κ3) is 4.19. The van der Waals surface area contributed by atoms with Crippen LogP contribution in [0.1, 0.15) is 31.2 Å². The van der Waals surface area contributed by atoms with Crippen LogP contribution in [0.25, 0.3) is 0 Å². The average molecular weight is 297 g/mol. The van der Waals surface area contributed by atoms with E-state index in [1.165, 1.54) is 5.56 Å². The molecule has 1 aromatic rings. The van der Waals surface area contributed by atoms with E-state index in [0.717, 1.165) is 17.9 Å². The van der Waals surface area contributed by atoms with Gasteiger partial charge in [-0.1, -0.05) is 29.8 Å². The van der Waals surface area contributed by atoms with E-state index in [9.17, 15) is 5.11 Å². The summed E-state index contributed by atoms with van der Waals surface area (Å²) in [6, 6.07) is 8.58. The molecular formula is C16H25ClN2O. The van der Waals surface area contributed by atoms with Crippen LogP contribution in [0.15, 0.2) is 24.3 Å². The second-order valence-corrected chi connectivity index (χ2v) is 6.91. The van der Waals surface area contributed by atoms with Crippen molar-refractivity contribution in [2.24, 2.45) is 0 Å². The highest BCUT2D eigenvalue weighted by Crippen LogP contribution is 2.39. The van der Waals surface area contributed by atoms with E-state index in [4.69, 9.17) is 11.6 Å². The van der Waals surface area contributed by atoms with Crippen LogP contribution in [0.4, 0.5) is 0 Å². The lowest BCUT2D eigenvalue weighted by Gasteiger charge is -2.39. The van der Waals surface area contributed by atoms with Gasteiger partial charge >= 0.3 is 0 Å². The topological polar surface area (TPSA) is 35.5 Å². The van der Waals surface area contributed by atoms with E-state index in [-0.39, 0.29) is 0 Å². The predicted molar refractivity (Wildman–Crippen MR) is 84.4 cm³/mol. The van der Waals surface area contributed by atoms with Gasteiger partial charge in [0, 0.05) is 24.2 Å². The second-order valence-electron chi connectivity index (χ2n) is 6.50. The van der Waals surface area contributed by atoms with Gasteiger partial charge < -0.3 is 15.3 Å². The first-order valence-corrected chi connectivity index (χ1v) is 7.60. The van der Waals surface area contributed by atoms with Gasteiger partial charge in [-0.25, -0.2) is 0 Å². The van der Waals surface area contributed by atoms with Gasteiger partial charge in [0.2, 0.25) is 0 Å². The number of nitrogens with one attached hydrogen (secondary N) is 1. The van der Waals surface area contributed by atoms with E-state index in [2.05, 4.69) is 11.4 Å². The van der Waals surface area contributed by atoms with Crippen molar-refractivity contribution in [3.8, 4) is 0 Å². The first-order valence-electron chi connectivity index (χ1n) is 7.22. The molecule has 0 radical (unpaired) electrons. The molecule has 20 heavy (non-hydrogen) atoms. The molecule has 1 atom stereocenters. The van der Waals surface area contributed by atoms with Crippen molar-refractivity contribution in [3.63, 3.8) is 0 Å². The predicted octanol–water partition coefficient (Wildman–Crippen LogP) is 2.49. The Balaban J connectivity index is 1.76. The Labute approximate surface area is 126 Å². The van der Waals surface area contributed by atoms with Gasteiger partial charge in [-0.2, -0.15) is 0 Å². The van der Waals surface area contributed by atoms with Crippen molar-refractivity contribution in [2.75, 3.05) is 27.2 Å². The zero-order chi connectivity index (χ0) is 14.8. The normalized spacial score (nSPS) is 25.3. The Morgan fingerprint density at radius 2 is 2.00 bits per heavy atom. The van der Waals surface area contributed by atoms with Gasteiger partial charge in [0.05, 0.1) is 5.60 Å². The monoisotopic (exact) mass is 296 g/mol. The molecule has 0 aliphatic heterocycles. The summed E-state index contributed by atoms with van der Waals surface area (Å²) in [5.41, 5.74) is 0.575. The number of hydrogen-bond donors (Lipinski definition) is 2. The summed E-state index contributed by atoms with van der Waals surface area (Å²) in [4.78, 5) is 2.01. The highest BCUT2D eigenvalue weighted by atomic mass is 35.5. The van der Waals surface area contributed by atoms with E-state index in [0.29, 0.717) is 25.0 Å². The molecule has 3 nitrogen and oxygen atoms in total. The summed E-state index contributed by atoms with van der Waals surface area (Å²) in [5.74, 6) is 0.556. The van der Waals surface area contributed by atoms with Crippen LogP contribution in [0.2, 0.25) is 5.02 Å². The third-order valence-corrected chi connectivity index (χ3v) is 4.26. The van der Waals surface area contributed by atoms with Crippen molar-refractivity contribution in [2.45, 2.75) is 37.3 Å². The molecule has 0 heterocycles. The van der Waals surface area contributed by atoms with Crippen LogP contribution >= 0.6 is 11.6 Å². The molecular weight excluding hydrogens is 272 g/mol. The summed E-state index contributed by atoms with van der Waals surface area (Å²) in [5, 5.41) is 14.6. The van der Waals surface area contributed by atoms with E-state index in [1.54, 1.807) is 0 Å². The first-order chi connectivity index (χ1) is 9.37. The largest absolute Gasteiger partial charge is 0.388 e. The molecule has 112 valence electrons. The number of benzene rings is 1. The standard InChI is InChI=1S/C16H25ClN2O/c1-16(20,11-19(2)3)10-18-13-8-12(9-13)14-6-4-5-7-15(14)17/h4-7,12-13,18,20H,8-11H2,1-3H3. The fourth-order valence-electron chi connectivity index (χ4n) is 2.95. The maximum Gasteiger partial charge on any atom is 0.0869 e. The maximum absolute atomic E-state index is 10.3. The molecule has 2 rings (SSSR count). The van der Waals surface area contributed by atoms with Crippen molar-refractivity contribution in [1.82, 2.24) is 10.2 Å². The molecule has 1 aromatic carbocycles. The van der Waals surface area contributed by atoms with Gasteiger partial charge in [-0.3, -0.25) is 0 Å². The van der Waals surface area contributed by atoms with Gasteiger partial charge in [0.1, 0.15) is 0 Å². The lowest BCUT2D eigenvalue weighted by molar-refractivity contribution is 0.0278. The molecule has 1 aliphatic carbocycles. The molecule has 4 heteroatoms. The van der Waals surface area contributed by atoms with E-state index >= 15 is 0 Å². The molecule has 1 saturated carbocycles. The Morgan fingerprint density at radius 3 is 2.60 bits per heavy atom. The van der Waals surface area contributed by atoms with Crippen molar-refractivity contribution in [3.05, 3.63) is 34.9 Å². The lowest BCUT2D eigenvalue weighted by Crippen LogP contribution is -2.51.